The molecule has 0 radical (unpaired) electrons. The van der Waals surface area contributed by atoms with Crippen molar-refractivity contribution in [2.24, 2.45) is 5.73 Å². The van der Waals surface area contributed by atoms with Crippen LogP contribution in [0.5, 0.6) is 0 Å². The van der Waals surface area contributed by atoms with Gasteiger partial charge >= 0.3 is 0 Å². The van der Waals surface area contributed by atoms with Gasteiger partial charge in [-0.25, -0.2) is 4.39 Å². The molecule has 2 N–H and O–H groups in total. The SMILES string of the molecule is Cc1cc(C)cc(C(N)c2ccc(C)cc2F)c1. The highest BCUT2D eigenvalue weighted by Gasteiger charge is 2.14. The Morgan fingerprint density at radius 1 is 0.889 bits per heavy atom. The molecule has 1 nitrogen and oxygen atoms in total. The maximum atomic E-state index is 13.9. The van der Waals surface area contributed by atoms with Crippen molar-refractivity contribution in [2.45, 2.75) is 26.8 Å². The van der Waals surface area contributed by atoms with Gasteiger partial charge in [-0.15, -0.1) is 0 Å². The molecule has 0 fully saturated rings. The number of aryl methyl sites for hydroxylation is 3. The third-order valence-corrected chi connectivity index (χ3v) is 3.09. The zero-order chi connectivity index (χ0) is 13.3. The normalized spacial score (nSPS) is 12.5. The van der Waals surface area contributed by atoms with E-state index < -0.39 is 6.04 Å². The first kappa shape index (κ1) is 12.8. The van der Waals surface area contributed by atoms with Crippen molar-refractivity contribution in [3.05, 3.63) is 70.0 Å². The predicted octanol–water partition coefficient (Wildman–Crippen LogP) is 3.80. The van der Waals surface area contributed by atoms with E-state index in [1.807, 2.05) is 39.0 Å². The van der Waals surface area contributed by atoms with E-state index in [0.29, 0.717) is 5.56 Å². The highest BCUT2D eigenvalue weighted by molar-refractivity contribution is 5.37. The summed E-state index contributed by atoms with van der Waals surface area (Å²) in [5, 5.41) is 0. The maximum absolute atomic E-state index is 13.9. The highest BCUT2D eigenvalue weighted by atomic mass is 19.1. The minimum absolute atomic E-state index is 0.235. The van der Waals surface area contributed by atoms with Gasteiger partial charge in [-0.2, -0.15) is 0 Å². The first-order valence-electron chi connectivity index (χ1n) is 6.07. The fraction of sp³-hybridized carbons (Fsp3) is 0.250. The first-order chi connectivity index (χ1) is 8.47. The molecule has 0 aliphatic carbocycles. The van der Waals surface area contributed by atoms with Crippen LogP contribution >= 0.6 is 0 Å². The molecular weight excluding hydrogens is 225 g/mol. The Balaban J connectivity index is 2.44. The third kappa shape index (κ3) is 2.59. The molecule has 1 unspecified atom stereocenters. The van der Waals surface area contributed by atoms with Crippen molar-refractivity contribution < 1.29 is 4.39 Å². The molecule has 1 atom stereocenters. The smallest absolute Gasteiger partial charge is 0.128 e. The predicted molar refractivity (Wildman–Crippen MR) is 73.1 cm³/mol. The molecule has 2 heteroatoms. The molecule has 0 spiro atoms. The van der Waals surface area contributed by atoms with Crippen LogP contribution in [0, 0.1) is 26.6 Å². The van der Waals surface area contributed by atoms with Crippen molar-refractivity contribution >= 4 is 0 Å². The summed E-state index contributed by atoms with van der Waals surface area (Å²) in [6.45, 7) is 5.92. The van der Waals surface area contributed by atoms with E-state index in [9.17, 15) is 4.39 Å². The largest absolute Gasteiger partial charge is 0.320 e. The minimum Gasteiger partial charge on any atom is -0.320 e. The first-order valence-corrected chi connectivity index (χ1v) is 6.07. The second-order valence-corrected chi connectivity index (χ2v) is 4.92. The summed E-state index contributed by atoms with van der Waals surface area (Å²) < 4.78 is 13.9. The van der Waals surface area contributed by atoms with Gasteiger partial charge in [0.05, 0.1) is 6.04 Å². The fourth-order valence-electron chi connectivity index (χ4n) is 2.25. The van der Waals surface area contributed by atoms with E-state index >= 15 is 0 Å². The van der Waals surface area contributed by atoms with Crippen molar-refractivity contribution in [1.29, 1.82) is 0 Å². The van der Waals surface area contributed by atoms with Gasteiger partial charge < -0.3 is 5.73 Å². The molecule has 2 rings (SSSR count). The second-order valence-electron chi connectivity index (χ2n) is 4.92. The summed E-state index contributed by atoms with van der Waals surface area (Å²) in [6, 6.07) is 10.9. The number of hydrogen-bond acceptors (Lipinski definition) is 1. The summed E-state index contributed by atoms with van der Waals surface area (Å²) >= 11 is 0. The van der Waals surface area contributed by atoms with Gasteiger partial charge in [0, 0.05) is 5.56 Å². The molecular formula is C16H18FN. The Labute approximate surface area is 107 Å². The van der Waals surface area contributed by atoms with Crippen molar-refractivity contribution in [1.82, 2.24) is 0 Å². The van der Waals surface area contributed by atoms with Gasteiger partial charge in [-0.1, -0.05) is 41.5 Å². The molecule has 94 valence electrons. The lowest BCUT2D eigenvalue weighted by molar-refractivity contribution is 0.598. The minimum atomic E-state index is -0.413. The average Bonchev–Trinajstić information content (AvgIpc) is 2.26. The van der Waals surface area contributed by atoms with Crippen LogP contribution in [0.2, 0.25) is 0 Å². The zero-order valence-corrected chi connectivity index (χ0v) is 11.0. The molecule has 0 heterocycles. The molecule has 0 amide bonds. The van der Waals surface area contributed by atoms with Crippen LogP contribution in [-0.4, -0.2) is 0 Å². The van der Waals surface area contributed by atoms with E-state index in [-0.39, 0.29) is 5.82 Å². The summed E-state index contributed by atoms with van der Waals surface area (Å²) in [5.74, 6) is -0.235. The lowest BCUT2D eigenvalue weighted by atomic mass is 9.95. The summed E-state index contributed by atoms with van der Waals surface area (Å²) in [7, 11) is 0. The van der Waals surface area contributed by atoms with E-state index in [0.717, 1.165) is 22.3 Å². The number of hydrogen-bond donors (Lipinski definition) is 1. The monoisotopic (exact) mass is 243 g/mol. The van der Waals surface area contributed by atoms with E-state index in [1.165, 1.54) is 6.07 Å². The van der Waals surface area contributed by atoms with Crippen LogP contribution in [0.1, 0.15) is 33.9 Å². The molecule has 0 saturated carbocycles. The quantitative estimate of drug-likeness (QED) is 0.853. The molecule has 0 aliphatic heterocycles. The topological polar surface area (TPSA) is 26.0 Å². The van der Waals surface area contributed by atoms with Crippen molar-refractivity contribution in [3.8, 4) is 0 Å². The zero-order valence-electron chi connectivity index (χ0n) is 11.0. The Morgan fingerprint density at radius 2 is 1.50 bits per heavy atom. The molecule has 2 aromatic rings. The maximum Gasteiger partial charge on any atom is 0.128 e. The van der Waals surface area contributed by atoms with E-state index in [2.05, 4.69) is 6.07 Å². The molecule has 0 bridgehead atoms. The Hall–Kier alpha value is -1.67. The Kier molecular flexibility index (Phi) is 3.48. The number of halogens is 1. The Morgan fingerprint density at radius 3 is 2.06 bits per heavy atom. The highest BCUT2D eigenvalue weighted by Crippen LogP contribution is 2.24. The molecule has 2 aromatic carbocycles. The van der Waals surface area contributed by atoms with Crippen LogP contribution in [0.3, 0.4) is 0 Å². The van der Waals surface area contributed by atoms with Crippen LogP contribution in [0.15, 0.2) is 36.4 Å². The van der Waals surface area contributed by atoms with Crippen molar-refractivity contribution in [3.63, 3.8) is 0 Å². The summed E-state index contributed by atoms with van der Waals surface area (Å²) in [5.41, 5.74) is 10.9. The average molecular weight is 243 g/mol. The molecule has 18 heavy (non-hydrogen) atoms. The van der Waals surface area contributed by atoms with Crippen molar-refractivity contribution in [2.75, 3.05) is 0 Å². The third-order valence-electron chi connectivity index (χ3n) is 3.09. The van der Waals surface area contributed by atoms with Crippen LogP contribution in [0.4, 0.5) is 4.39 Å². The van der Waals surface area contributed by atoms with E-state index in [4.69, 9.17) is 5.73 Å². The van der Waals surface area contributed by atoms with Gasteiger partial charge in [0.2, 0.25) is 0 Å². The van der Waals surface area contributed by atoms with Crippen LogP contribution < -0.4 is 5.73 Å². The standard InChI is InChI=1S/C16H18FN/c1-10-4-5-14(15(17)9-10)16(18)13-7-11(2)6-12(3)8-13/h4-9,16H,18H2,1-3H3. The number of rotatable bonds is 2. The number of nitrogens with two attached hydrogens (primary N) is 1. The molecule has 0 aliphatic rings. The molecule has 0 aromatic heterocycles. The second kappa shape index (κ2) is 4.91. The van der Waals surface area contributed by atoms with Crippen LogP contribution in [0.25, 0.3) is 0 Å². The molecule has 0 saturated heterocycles. The number of benzene rings is 2. The summed E-state index contributed by atoms with van der Waals surface area (Å²) in [6.07, 6.45) is 0. The van der Waals surface area contributed by atoms with Gasteiger partial charge in [0.15, 0.2) is 0 Å². The lowest BCUT2D eigenvalue weighted by Crippen LogP contribution is -2.14. The summed E-state index contributed by atoms with van der Waals surface area (Å²) in [4.78, 5) is 0. The Bertz CT molecular complexity index is 555. The van der Waals surface area contributed by atoms with Gasteiger partial charge in [0.1, 0.15) is 5.82 Å². The van der Waals surface area contributed by atoms with Gasteiger partial charge in [0.25, 0.3) is 0 Å². The van der Waals surface area contributed by atoms with Crippen LogP contribution in [-0.2, 0) is 0 Å². The van der Waals surface area contributed by atoms with Gasteiger partial charge in [-0.3, -0.25) is 0 Å². The lowest BCUT2D eigenvalue weighted by Gasteiger charge is -2.15. The van der Waals surface area contributed by atoms with Gasteiger partial charge in [-0.05, 0) is 38.0 Å². The van der Waals surface area contributed by atoms with E-state index in [1.54, 1.807) is 6.07 Å². The fourth-order valence-corrected chi connectivity index (χ4v) is 2.25.